The van der Waals surface area contributed by atoms with E-state index in [1.54, 1.807) is 0 Å². The van der Waals surface area contributed by atoms with E-state index >= 15 is 0 Å². The van der Waals surface area contributed by atoms with Gasteiger partial charge in [0.05, 0.1) is 5.56 Å². The van der Waals surface area contributed by atoms with Crippen molar-refractivity contribution >= 4 is 6.08 Å². The van der Waals surface area contributed by atoms with Gasteiger partial charge in [-0.1, -0.05) is 19.1 Å². The molecule has 0 fully saturated rings. The van der Waals surface area contributed by atoms with E-state index in [0.29, 0.717) is 6.54 Å². The molecule has 100 valence electrons. The SMILES string of the molecule is CCCNCC=Cc1c(F)c(F)c(F)c(F)c1F. The van der Waals surface area contributed by atoms with Crippen LogP contribution in [0.5, 0.6) is 0 Å². The molecule has 0 aliphatic rings. The molecule has 0 saturated carbocycles. The zero-order valence-electron chi connectivity index (χ0n) is 9.67. The molecule has 18 heavy (non-hydrogen) atoms. The fourth-order valence-corrected chi connectivity index (χ4v) is 1.31. The molecule has 0 aliphatic heterocycles. The van der Waals surface area contributed by atoms with Crippen LogP contribution in [0, 0.1) is 29.1 Å². The normalized spacial score (nSPS) is 11.4. The lowest BCUT2D eigenvalue weighted by Crippen LogP contribution is -2.13. The Labute approximate surface area is 101 Å². The van der Waals surface area contributed by atoms with Crippen LogP contribution in [0.2, 0.25) is 0 Å². The molecular formula is C12H12F5N. The highest BCUT2D eigenvalue weighted by atomic mass is 19.2. The van der Waals surface area contributed by atoms with Crippen molar-refractivity contribution in [1.82, 2.24) is 5.32 Å². The molecular weight excluding hydrogens is 253 g/mol. The summed E-state index contributed by atoms with van der Waals surface area (Å²) in [6, 6.07) is 0. The third-order valence-electron chi connectivity index (χ3n) is 2.22. The Kier molecular flexibility index (Phi) is 5.27. The maximum absolute atomic E-state index is 13.2. The van der Waals surface area contributed by atoms with Gasteiger partial charge in [-0.15, -0.1) is 0 Å². The first kappa shape index (κ1) is 14.6. The predicted octanol–water partition coefficient (Wildman–Crippen LogP) is 3.39. The zero-order valence-corrected chi connectivity index (χ0v) is 9.67. The molecule has 1 nitrogen and oxygen atoms in total. The predicted molar refractivity (Wildman–Crippen MR) is 58.4 cm³/mol. The molecule has 0 aromatic heterocycles. The summed E-state index contributed by atoms with van der Waals surface area (Å²) in [7, 11) is 0. The van der Waals surface area contributed by atoms with E-state index in [1.807, 2.05) is 6.92 Å². The summed E-state index contributed by atoms with van der Waals surface area (Å²) in [4.78, 5) is 0. The topological polar surface area (TPSA) is 12.0 Å². The number of benzene rings is 1. The molecule has 0 aliphatic carbocycles. The minimum atomic E-state index is -2.15. The van der Waals surface area contributed by atoms with Crippen molar-refractivity contribution in [3.8, 4) is 0 Å². The minimum absolute atomic E-state index is 0.285. The Hall–Kier alpha value is -1.43. The average Bonchev–Trinajstić information content (AvgIpc) is 2.37. The van der Waals surface area contributed by atoms with Crippen molar-refractivity contribution in [3.05, 3.63) is 40.7 Å². The van der Waals surface area contributed by atoms with E-state index in [1.165, 1.54) is 6.08 Å². The molecule has 0 bridgehead atoms. The van der Waals surface area contributed by atoms with Crippen LogP contribution in [0.3, 0.4) is 0 Å². The van der Waals surface area contributed by atoms with Crippen LogP contribution < -0.4 is 5.32 Å². The molecule has 0 spiro atoms. The van der Waals surface area contributed by atoms with Crippen molar-refractivity contribution in [2.24, 2.45) is 0 Å². The summed E-state index contributed by atoms with van der Waals surface area (Å²) in [5.74, 6) is -9.66. The fourth-order valence-electron chi connectivity index (χ4n) is 1.31. The highest BCUT2D eigenvalue weighted by Crippen LogP contribution is 2.23. The van der Waals surface area contributed by atoms with Crippen molar-refractivity contribution in [2.45, 2.75) is 13.3 Å². The van der Waals surface area contributed by atoms with Crippen molar-refractivity contribution < 1.29 is 22.0 Å². The van der Waals surface area contributed by atoms with Crippen LogP contribution in [-0.4, -0.2) is 13.1 Å². The number of halogens is 5. The Morgan fingerprint density at radius 2 is 1.39 bits per heavy atom. The van der Waals surface area contributed by atoms with Gasteiger partial charge in [-0.25, -0.2) is 22.0 Å². The van der Waals surface area contributed by atoms with Gasteiger partial charge in [0.15, 0.2) is 23.3 Å². The first-order valence-electron chi connectivity index (χ1n) is 5.39. The number of rotatable bonds is 5. The number of hydrogen-bond acceptors (Lipinski definition) is 1. The second-order valence-electron chi connectivity index (χ2n) is 3.59. The summed E-state index contributed by atoms with van der Waals surface area (Å²) in [5, 5.41) is 2.89. The zero-order chi connectivity index (χ0) is 13.7. The molecule has 6 heteroatoms. The van der Waals surface area contributed by atoms with Crippen LogP contribution in [0.25, 0.3) is 6.08 Å². The first-order valence-corrected chi connectivity index (χ1v) is 5.39. The van der Waals surface area contributed by atoms with Gasteiger partial charge in [0, 0.05) is 6.54 Å². The monoisotopic (exact) mass is 265 g/mol. The van der Waals surface area contributed by atoms with Gasteiger partial charge >= 0.3 is 0 Å². The molecule has 1 rings (SSSR count). The Bertz CT molecular complexity index is 427. The highest BCUT2D eigenvalue weighted by molar-refractivity contribution is 5.51. The first-order chi connectivity index (χ1) is 8.50. The van der Waals surface area contributed by atoms with E-state index in [2.05, 4.69) is 5.32 Å². The molecule has 0 unspecified atom stereocenters. The summed E-state index contributed by atoms with van der Waals surface area (Å²) in [6.07, 6.45) is 3.04. The van der Waals surface area contributed by atoms with E-state index in [9.17, 15) is 22.0 Å². The molecule has 0 saturated heterocycles. The van der Waals surface area contributed by atoms with Crippen LogP contribution in [-0.2, 0) is 0 Å². The summed E-state index contributed by atoms with van der Waals surface area (Å²) >= 11 is 0. The molecule has 1 N–H and O–H groups in total. The lowest BCUT2D eigenvalue weighted by atomic mass is 10.1. The summed E-state index contributed by atoms with van der Waals surface area (Å²) in [6.45, 7) is 2.91. The smallest absolute Gasteiger partial charge is 0.200 e. The third-order valence-corrected chi connectivity index (χ3v) is 2.22. The van der Waals surface area contributed by atoms with Gasteiger partial charge in [0.2, 0.25) is 5.82 Å². The van der Waals surface area contributed by atoms with Crippen LogP contribution in [0.1, 0.15) is 18.9 Å². The third kappa shape index (κ3) is 3.07. The van der Waals surface area contributed by atoms with Crippen molar-refractivity contribution in [2.75, 3.05) is 13.1 Å². The van der Waals surface area contributed by atoms with Gasteiger partial charge in [-0.05, 0) is 13.0 Å². The summed E-state index contributed by atoms with van der Waals surface area (Å²) in [5.41, 5.74) is -0.926. The maximum atomic E-state index is 13.2. The molecule has 0 heterocycles. The van der Waals surface area contributed by atoms with Crippen LogP contribution in [0.15, 0.2) is 6.08 Å². The second kappa shape index (κ2) is 6.49. The minimum Gasteiger partial charge on any atom is -0.313 e. The van der Waals surface area contributed by atoms with Gasteiger partial charge in [0.25, 0.3) is 0 Å². The standard InChI is InChI=1S/C12H12F5N/c1-2-5-18-6-3-4-7-8(13)10(15)12(17)11(16)9(7)14/h3-4,18H,2,5-6H2,1H3. The lowest BCUT2D eigenvalue weighted by Gasteiger charge is -2.04. The molecule has 1 aromatic rings. The average molecular weight is 265 g/mol. The van der Waals surface area contributed by atoms with Gasteiger partial charge < -0.3 is 5.32 Å². The van der Waals surface area contributed by atoms with Crippen molar-refractivity contribution in [3.63, 3.8) is 0 Å². The van der Waals surface area contributed by atoms with E-state index in [0.717, 1.165) is 12.5 Å². The Balaban J connectivity index is 2.96. The van der Waals surface area contributed by atoms with Gasteiger partial charge in [-0.3, -0.25) is 0 Å². The largest absolute Gasteiger partial charge is 0.313 e. The number of hydrogen-bond donors (Lipinski definition) is 1. The molecule has 0 radical (unpaired) electrons. The Morgan fingerprint density at radius 1 is 0.889 bits per heavy atom. The maximum Gasteiger partial charge on any atom is 0.200 e. The Morgan fingerprint density at radius 3 is 1.89 bits per heavy atom. The fraction of sp³-hybridized carbons (Fsp3) is 0.333. The van der Waals surface area contributed by atoms with E-state index in [4.69, 9.17) is 0 Å². The highest BCUT2D eigenvalue weighted by Gasteiger charge is 2.23. The van der Waals surface area contributed by atoms with Crippen molar-refractivity contribution in [1.29, 1.82) is 0 Å². The number of nitrogens with one attached hydrogen (secondary N) is 1. The molecule has 0 amide bonds. The van der Waals surface area contributed by atoms with Gasteiger partial charge in [-0.2, -0.15) is 0 Å². The summed E-state index contributed by atoms with van der Waals surface area (Å²) < 4.78 is 64.7. The molecule has 0 atom stereocenters. The van der Waals surface area contributed by atoms with Crippen LogP contribution >= 0.6 is 0 Å². The second-order valence-corrected chi connectivity index (χ2v) is 3.59. The van der Waals surface area contributed by atoms with E-state index in [-0.39, 0.29) is 6.54 Å². The molecule has 1 aromatic carbocycles. The van der Waals surface area contributed by atoms with Gasteiger partial charge in [0.1, 0.15) is 0 Å². The van der Waals surface area contributed by atoms with E-state index < -0.39 is 34.6 Å². The van der Waals surface area contributed by atoms with Crippen LogP contribution in [0.4, 0.5) is 22.0 Å². The lowest BCUT2D eigenvalue weighted by molar-refractivity contribution is 0.377. The quantitative estimate of drug-likeness (QED) is 0.372.